The van der Waals surface area contributed by atoms with Gasteiger partial charge in [0.1, 0.15) is 5.75 Å². The van der Waals surface area contributed by atoms with Gasteiger partial charge in [-0.3, -0.25) is 0 Å². The van der Waals surface area contributed by atoms with Crippen molar-refractivity contribution < 1.29 is 4.74 Å². The van der Waals surface area contributed by atoms with Gasteiger partial charge in [0, 0.05) is 5.56 Å². The fraction of sp³-hybridized carbons (Fsp3) is 0.391. The third-order valence-electron chi connectivity index (χ3n) is 4.81. The lowest BCUT2D eigenvalue weighted by atomic mass is 10.0. The molecule has 0 heterocycles. The van der Waals surface area contributed by atoms with Crippen molar-refractivity contribution in [3.8, 4) is 16.9 Å². The van der Waals surface area contributed by atoms with Crippen LogP contribution in [0.1, 0.15) is 57.6 Å². The van der Waals surface area contributed by atoms with Gasteiger partial charge >= 0.3 is 0 Å². The van der Waals surface area contributed by atoms with Crippen molar-refractivity contribution in [2.75, 3.05) is 6.61 Å². The number of hydrogen-bond donors (Lipinski definition) is 0. The highest BCUT2D eigenvalue weighted by Crippen LogP contribution is 2.41. The van der Waals surface area contributed by atoms with Crippen LogP contribution < -0.4 is 4.74 Å². The van der Waals surface area contributed by atoms with E-state index in [0.29, 0.717) is 5.92 Å². The molecule has 1 heteroatoms. The van der Waals surface area contributed by atoms with Gasteiger partial charge < -0.3 is 4.74 Å². The highest BCUT2D eigenvalue weighted by molar-refractivity contribution is 6.04. The summed E-state index contributed by atoms with van der Waals surface area (Å²) in [4.78, 5) is 0. The average molecular weight is 320 g/mol. The molecule has 1 aromatic carbocycles. The Hall–Kier alpha value is -2.02. The van der Waals surface area contributed by atoms with E-state index in [0.717, 1.165) is 31.6 Å². The minimum atomic E-state index is 0.508. The Labute approximate surface area is 146 Å². The molecule has 1 aromatic rings. The number of unbranched alkanes of at least 4 members (excludes halogenated alkanes) is 1. The molecule has 0 bridgehead atoms. The molecule has 2 aliphatic rings. The molecule has 0 atom stereocenters. The predicted molar refractivity (Wildman–Crippen MR) is 104 cm³/mol. The summed E-state index contributed by atoms with van der Waals surface area (Å²) in [6.45, 7) is 9.69. The molecule has 0 fully saturated rings. The second kappa shape index (κ2) is 7.25. The Morgan fingerprint density at radius 1 is 0.958 bits per heavy atom. The lowest BCUT2D eigenvalue weighted by Gasteiger charge is -2.08. The van der Waals surface area contributed by atoms with Gasteiger partial charge in [0.2, 0.25) is 0 Å². The quantitative estimate of drug-likeness (QED) is 0.453. The normalized spacial score (nSPS) is 11.5. The summed E-state index contributed by atoms with van der Waals surface area (Å²) in [5.41, 5.74) is 5.29. The van der Waals surface area contributed by atoms with Crippen molar-refractivity contribution in [2.24, 2.45) is 0 Å². The maximum absolute atomic E-state index is 6.19. The van der Waals surface area contributed by atoms with E-state index in [1.165, 1.54) is 33.0 Å². The molecule has 0 radical (unpaired) electrons. The second-order valence-electron chi connectivity index (χ2n) is 6.95. The zero-order valence-electron chi connectivity index (χ0n) is 15.4. The molecule has 0 spiro atoms. The number of hydrogen-bond acceptors (Lipinski definition) is 1. The number of rotatable bonds is 6. The number of aryl methyl sites for hydroxylation is 1. The van der Waals surface area contributed by atoms with E-state index in [2.05, 4.69) is 70.2 Å². The molecular formula is C23H28O. The van der Waals surface area contributed by atoms with Gasteiger partial charge in [0.05, 0.1) is 6.61 Å². The molecule has 2 aliphatic carbocycles. The molecule has 1 nitrogen and oxygen atoms in total. The van der Waals surface area contributed by atoms with Crippen LogP contribution in [0.2, 0.25) is 0 Å². The van der Waals surface area contributed by atoms with E-state index in [1.807, 2.05) is 0 Å². The van der Waals surface area contributed by atoms with Crippen LogP contribution >= 0.6 is 0 Å². The van der Waals surface area contributed by atoms with Crippen LogP contribution in [0.25, 0.3) is 21.9 Å². The van der Waals surface area contributed by atoms with Crippen molar-refractivity contribution in [3.63, 3.8) is 0 Å². The smallest absolute Gasteiger partial charge is 0.127 e. The Kier molecular flexibility index (Phi) is 5.08. The third kappa shape index (κ3) is 3.26. The van der Waals surface area contributed by atoms with Crippen LogP contribution in [0.5, 0.6) is 5.75 Å². The Morgan fingerprint density at radius 3 is 2.50 bits per heavy atom. The minimum absolute atomic E-state index is 0.508. The topological polar surface area (TPSA) is 9.23 Å². The number of fused-ring (bicyclic) bond motifs is 3. The van der Waals surface area contributed by atoms with Crippen LogP contribution in [-0.2, 0) is 6.42 Å². The van der Waals surface area contributed by atoms with Crippen LogP contribution in [0, 0.1) is 0 Å². The summed E-state index contributed by atoms with van der Waals surface area (Å²) in [7, 11) is 0. The van der Waals surface area contributed by atoms with Gasteiger partial charge in [-0.1, -0.05) is 64.4 Å². The van der Waals surface area contributed by atoms with E-state index in [4.69, 9.17) is 4.74 Å². The Morgan fingerprint density at radius 2 is 1.79 bits per heavy atom. The third-order valence-corrected chi connectivity index (χ3v) is 4.81. The summed E-state index contributed by atoms with van der Waals surface area (Å²) in [6.07, 6.45) is 3.31. The largest absolute Gasteiger partial charge is 0.493 e. The zero-order chi connectivity index (χ0) is 17.1. The van der Waals surface area contributed by atoms with Crippen LogP contribution in [-0.4, -0.2) is 6.61 Å². The molecule has 0 unspecified atom stereocenters. The number of ether oxygens (including phenoxy) is 1. The van der Waals surface area contributed by atoms with E-state index in [1.54, 1.807) is 0 Å². The first kappa shape index (κ1) is 16.8. The number of benzene rings is 1. The Bertz CT molecular complexity index is 801. The Balaban J connectivity index is 2.21. The van der Waals surface area contributed by atoms with Crippen LogP contribution in [0.3, 0.4) is 0 Å². The summed E-state index contributed by atoms with van der Waals surface area (Å²) in [6, 6.07) is 15.9. The lowest BCUT2D eigenvalue weighted by molar-refractivity contribution is 0.311. The molecule has 0 saturated carbocycles. The maximum Gasteiger partial charge on any atom is 0.127 e. The van der Waals surface area contributed by atoms with Gasteiger partial charge in [-0.15, -0.1) is 0 Å². The second-order valence-corrected chi connectivity index (χ2v) is 6.95. The van der Waals surface area contributed by atoms with Gasteiger partial charge in [0.15, 0.2) is 0 Å². The van der Waals surface area contributed by atoms with Crippen LogP contribution in [0.4, 0.5) is 0 Å². The molecule has 0 N–H and O–H groups in total. The summed E-state index contributed by atoms with van der Waals surface area (Å²) < 4.78 is 6.19. The predicted octanol–water partition coefficient (Wildman–Crippen LogP) is 6.81. The first-order valence-corrected chi connectivity index (χ1v) is 9.26. The molecule has 0 aromatic heterocycles. The monoisotopic (exact) mass is 320 g/mol. The molecule has 126 valence electrons. The van der Waals surface area contributed by atoms with Gasteiger partial charge in [0.25, 0.3) is 0 Å². The van der Waals surface area contributed by atoms with Crippen molar-refractivity contribution >= 4 is 10.8 Å². The van der Waals surface area contributed by atoms with Gasteiger partial charge in [-0.25, -0.2) is 0 Å². The van der Waals surface area contributed by atoms with Crippen molar-refractivity contribution in [1.29, 1.82) is 0 Å². The first-order valence-electron chi connectivity index (χ1n) is 9.26. The van der Waals surface area contributed by atoms with Gasteiger partial charge in [-0.05, 0) is 58.4 Å². The van der Waals surface area contributed by atoms with Crippen molar-refractivity contribution in [2.45, 2.75) is 52.9 Å². The highest BCUT2D eigenvalue weighted by Gasteiger charge is 2.16. The standard InChI is InChI=1S/C23H28O/c1-5-7-12-24-22-11-10-18(16(3)4)14-20-15-19-9-8-17(6-2)13-21(19)23(20)22/h8-11,13-16H,5-7,12H2,1-4H3. The van der Waals surface area contributed by atoms with Gasteiger partial charge in [-0.2, -0.15) is 0 Å². The van der Waals surface area contributed by atoms with E-state index < -0.39 is 0 Å². The molecule has 0 saturated heterocycles. The molecule has 3 rings (SSSR count). The summed E-state index contributed by atoms with van der Waals surface area (Å²) in [5, 5.41) is 2.63. The lowest BCUT2D eigenvalue weighted by Crippen LogP contribution is -1.96. The fourth-order valence-electron chi connectivity index (χ4n) is 3.24. The van der Waals surface area contributed by atoms with Crippen LogP contribution in [0.15, 0.2) is 42.5 Å². The van der Waals surface area contributed by atoms with E-state index >= 15 is 0 Å². The minimum Gasteiger partial charge on any atom is -0.493 e. The maximum atomic E-state index is 6.19. The zero-order valence-corrected chi connectivity index (χ0v) is 15.4. The summed E-state index contributed by atoms with van der Waals surface area (Å²) in [5.74, 6) is 1.53. The summed E-state index contributed by atoms with van der Waals surface area (Å²) >= 11 is 0. The fourth-order valence-corrected chi connectivity index (χ4v) is 3.24. The SMILES string of the molecule is CCCCOc1ccc(C(C)C)cc2cc3ccc(CC)cc3c1-2. The highest BCUT2D eigenvalue weighted by atomic mass is 16.5. The van der Waals surface area contributed by atoms with Crippen molar-refractivity contribution in [1.82, 2.24) is 0 Å². The first-order chi connectivity index (χ1) is 11.6. The molecule has 0 amide bonds. The molecule has 24 heavy (non-hydrogen) atoms. The van der Waals surface area contributed by atoms with Crippen molar-refractivity contribution in [3.05, 3.63) is 53.6 Å². The van der Waals surface area contributed by atoms with E-state index in [9.17, 15) is 0 Å². The molecular weight excluding hydrogens is 292 g/mol. The molecule has 0 aliphatic heterocycles. The average Bonchev–Trinajstić information content (AvgIpc) is 2.83. The van der Waals surface area contributed by atoms with E-state index in [-0.39, 0.29) is 0 Å².